The van der Waals surface area contributed by atoms with Gasteiger partial charge in [-0.15, -0.1) is 0 Å². The van der Waals surface area contributed by atoms with Gasteiger partial charge in [0.15, 0.2) is 0 Å². The fourth-order valence-corrected chi connectivity index (χ4v) is 1.91. The van der Waals surface area contributed by atoms with E-state index >= 15 is 0 Å². The van der Waals surface area contributed by atoms with Crippen molar-refractivity contribution < 1.29 is 9.90 Å². The van der Waals surface area contributed by atoms with Crippen molar-refractivity contribution in [3.8, 4) is 0 Å². The average molecular weight is 242 g/mol. The van der Waals surface area contributed by atoms with Crippen LogP contribution in [0.1, 0.15) is 53.4 Å². The summed E-state index contributed by atoms with van der Waals surface area (Å²) in [6.07, 6.45) is 4.85. The van der Waals surface area contributed by atoms with Crippen LogP contribution in [0.5, 0.6) is 0 Å². The topological polar surface area (TPSA) is 61.4 Å². The van der Waals surface area contributed by atoms with E-state index in [-0.39, 0.29) is 5.91 Å². The highest BCUT2D eigenvalue weighted by atomic mass is 16.3. The van der Waals surface area contributed by atoms with Gasteiger partial charge in [0.05, 0.1) is 17.7 Å². The highest BCUT2D eigenvalue weighted by Crippen LogP contribution is 2.20. The van der Waals surface area contributed by atoms with E-state index in [0.29, 0.717) is 12.6 Å². The van der Waals surface area contributed by atoms with E-state index in [2.05, 4.69) is 10.6 Å². The predicted octanol–water partition coefficient (Wildman–Crippen LogP) is 1.18. The Bertz CT molecular complexity index is 263. The Labute approximate surface area is 104 Å². The van der Waals surface area contributed by atoms with Gasteiger partial charge < -0.3 is 15.7 Å². The van der Waals surface area contributed by atoms with E-state index in [1.54, 1.807) is 13.8 Å². The molecule has 0 spiro atoms. The summed E-state index contributed by atoms with van der Waals surface area (Å²) in [4.78, 5) is 11.8. The maximum Gasteiger partial charge on any atom is 0.234 e. The van der Waals surface area contributed by atoms with Gasteiger partial charge in [0, 0.05) is 6.04 Å². The Morgan fingerprint density at radius 1 is 1.24 bits per heavy atom. The summed E-state index contributed by atoms with van der Waals surface area (Å²) in [6, 6.07) is 0.492. The lowest BCUT2D eigenvalue weighted by Gasteiger charge is -2.38. The average Bonchev–Trinajstić information content (AvgIpc) is 2.64. The molecule has 3 N–H and O–H groups in total. The van der Waals surface area contributed by atoms with Gasteiger partial charge in [0.2, 0.25) is 5.91 Å². The molecule has 4 heteroatoms. The van der Waals surface area contributed by atoms with E-state index in [1.165, 1.54) is 25.7 Å². The molecule has 0 atom stereocenters. The van der Waals surface area contributed by atoms with Crippen molar-refractivity contribution in [2.24, 2.45) is 0 Å². The third-order valence-corrected chi connectivity index (χ3v) is 3.89. The maximum atomic E-state index is 11.8. The molecule has 0 aliphatic heterocycles. The minimum atomic E-state index is -0.935. The lowest BCUT2D eigenvalue weighted by Crippen LogP contribution is -2.59. The van der Waals surface area contributed by atoms with Crippen molar-refractivity contribution in [3.63, 3.8) is 0 Å². The second-order valence-corrected chi connectivity index (χ2v) is 6.09. The summed E-state index contributed by atoms with van der Waals surface area (Å²) < 4.78 is 0. The van der Waals surface area contributed by atoms with Gasteiger partial charge in [-0.05, 0) is 40.5 Å². The first-order valence-electron chi connectivity index (χ1n) is 6.49. The minimum absolute atomic E-state index is 0.0518. The molecule has 100 valence electrons. The Hall–Kier alpha value is -0.610. The predicted molar refractivity (Wildman–Crippen MR) is 68.8 cm³/mol. The minimum Gasteiger partial charge on any atom is -0.388 e. The first kappa shape index (κ1) is 14.5. The summed E-state index contributed by atoms with van der Waals surface area (Å²) in [5.41, 5.74) is -1.56. The zero-order valence-electron chi connectivity index (χ0n) is 11.5. The number of amides is 1. The van der Waals surface area contributed by atoms with Crippen LogP contribution in [0.3, 0.4) is 0 Å². The van der Waals surface area contributed by atoms with Crippen LogP contribution in [-0.2, 0) is 4.79 Å². The molecule has 17 heavy (non-hydrogen) atoms. The van der Waals surface area contributed by atoms with Crippen LogP contribution in [0.25, 0.3) is 0 Å². The van der Waals surface area contributed by atoms with E-state index in [0.717, 1.165) is 0 Å². The molecule has 1 saturated carbocycles. The van der Waals surface area contributed by atoms with Crippen molar-refractivity contribution in [3.05, 3.63) is 0 Å². The van der Waals surface area contributed by atoms with Gasteiger partial charge >= 0.3 is 0 Å². The molecule has 0 unspecified atom stereocenters. The number of aliphatic hydroxyl groups is 1. The molecule has 4 nitrogen and oxygen atoms in total. The highest BCUT2D eigenvalue weighted by Gasteiger charge is 2.36. The molecule has 0 aromatic rings. The van der Waals surface area contributed by atoms with E-state index in [4.69, 9.17) is 0 Å². The molecule has 0 heterocycles. The molecule has 0 radical (unpaired) electrons. The summed E-state index contributed by atoms with van der Waals surface area (Å²) in [6.45, 7) is 7.42. The van der Waals surface area contributed by atoms with Crippen LogP contribution in [0.15, 0.2) is 0 Å². The lowest BCUT2D eigenvalue weighted by molar-refractivity contribution is -0.125. The standard InChI is InChI=1S/C13H26N2O2/c1-12(2,13(3,4)17)15-11(16)9-14-10-7-5-6-8-10/h10,14,17H,5-9H2,1-4H3,(H,15,16). The Morgan fingerprint density at radius 3 is 2.24 bits per heavy atom. The molecule has 0 saturated heterocycles. The number of hydrogen-bond acceptors (Lipinski definition) is 3. The third kappa shape index (κ3) is 4.28. The zero-order chi connectivity index (χ0) is 13.1. The van der Waals surface area contributed by atoms with Crippen LogP contribution in [0, 0.1) is 0 Å². The summed E-state index contributed by atoms with van der Waals surface area (Å²) >= 11 is 0. The third-order valence-electron chi connectivity index (χ3n) is 3.89. The van der Waals surface area contributed by atoms with Crippen molar-refractivity contribution in [1.82, 2.24) is 10.6 Å². The van der Waals surface area contributed by atoms with E-state index in [1.807, 2.05) is 13.8 Å². The SMILES string of the molecule is CC(C)(O)C(C)(C)NC(=O)CNC1CCCC1. The monoisotopic (exact) mass is 242 g/mol. The number of nitrogens with one attached hydrogen (secondary N) is 2. The van der Waals surface area contributed by atoms with Crippen LogP contribution >= 0.6 is 0 Å². The number of carbonyl (C=O) groups excluding carboxylic acids is 1. The number of rotatable bonds is 5. The Balaban J connectivity index is 2.33. The molecule has 0 bridgehead atoms. The lowest BCUT2D eigenvalue weighted by atomic mass is 9.86. The van der Waals surface area contributed by atoms with Gasteiger partial charge in [-0.25, -0.2) is 0 Å². The van der Waals surface area contributed by atoms with Crippen molar-refractivity contribution >= 4 is 5.91 Å². The van der Waals surface area contributed by atoms with Gasteiger partial charge in [0.1, 0.15) is 0 Å². The summed E-state index contributed by atoms with van der Waals surface area (Å²) in [5, 5.41) is 16.1. The van der Waals surface area contributed by atoms with Gasteiger partial charge in [-0.1, -0.05) is 12.8 Å². The fraction of sp³-hybridized carbons (Fsp3) is 0.923. The van der Waals surface area contributed by atoms with Crippen molar-refractivity contribution in [2.75, 3.05) is 6.54 Å². The van der Waals surface area contributed by atoms with Crippen LogP contribution in [-0.4, -0.2) is 34.7 Å². The molecule has 1 fully saturated rings. The quantitative estimate of drug-likeness (QED) is 0.678. The molecular weight excluding hydrogens is 216 g/mol. The molecule has 0 aromatic heterocycles. The molecule has 1 amide bonds. The van der Waals surface area contributed by atoms with Crippen molar-refractivity contribution in [1.29, 1.82) is 0 Å². The van der Waals surface area contributed by atoms with Gasteiger partial charge in [-0.3, -0.25) is 4.79 Å². The Kier molecular flexibility index (Phi) is 4.55. The van der Waals surface area contributed by atoms with E-state index < -0.39 is 11.1 Å². The van der Waals surface area contributed by atoms with Gasteiger partial charge in [0.25, 0.3) is 0 Å². The summed E-state index contributed by atoms with van der Waals surface area (Å²) in [5.74, 6) is -0.0518. The molecule has 1 aliphatic rings. The van der Waals surface area contributed by atoms with Crippen molar-refractivity contribution in [2.45, 2.75) is 70.6 Å². The fourth-order valence-electron chi connectivity index (χ4n) is 1.91. The van der Waals surface area contributed by atoms with Crippen LogP contribution < -0.4 is 10.6 Å². The molecule has 1 rings (SSSR count). The molecular formula is C13H26N2O2. The smallest absolute Gasteiger partial charge is 0.234 e. The van der Waals surface area contributed by atoms with Crippen LogP contribution in [0.2, 0.25) is 0 Å². The maximum absolute atomic E-state index is 11.8. The second-order valence-electron chi connectivity index (χ2n) is 6.09. The van der Waals surface area contributed by atoms with E-state index in [9.17, 15) is 9.90 Å². The van der Waals surface area contributed by atoms with Crippen LogP contribution in [0.4, 0.5) is 0 Å². The first-order valence-corrected chi connectivity index (χ1v) is 6.49. The molecule has 1 aliphatic carbocycles. The zero-order valence-corrected chi connectivity index (χ0v) is 11.5. The first-order chi connectivity index (χ1) is 7.72. The number of hydrogen-bond donors (Lipinski definition) is 3. The van der Waals surface area contributed by atoms with Gasteiger partial charge in [-0.2, -0.15) is 0 Å². The highest BCUT2D eigenvalue weighted by molar-refractivity contribution is 5.79. The Morgan fingerprint density at radius 2 is 1.76 bits per heavy atom. The largest absolute Gasteiger partial charge is 0.388 e. The molecule has 0 aromatic carbocycles. The number of carbonyl (C=O) groups is 1. The summed E-state index contributed by atoms with van der Waals surface area (Å²) in [7, 11) is 0. The second kappa shape index (κ2) is 5.36. The normalized spacial score (nSPS) is 18.4.